The molecule has 0 amide bonds. The van der Waals surface area contributed by atoms with E-state index >= 15 is 0 Å². The van der Waals surface area contributed by atoms with Crippen LogP contribution >= 0.6 is 15.9 Å². The molecule has 1 heterocycles. The number of nitrogens with zero attached hydrogens (tertiary/aromatic N) is 1. The van der Waals surface area contributed by atoms with Gasteiger partial charge in [0.1, 0.15) is 5.75 Å². The molecule has 0 aliphatic carbocycles. The number of halogens is 1. The largest absolute Gasteiger partial charge is 0.493 e. The van der Waals surface area contributed by atoms with Crippen LogP contribution in [0.25, 0.3) is 10.9 Å². The van der Waals surface area contributed by atoms with Gasteiger partial charge >= 0.3 is 0 Å². The van der Waals surface area contributed by atoms with Crippen LogP contribution in [0.5, 0.6) is 5.75 Å². The van der Waals surface area contributed by atoms with Crippen LogP contribution in [0.15, 0.2) is 36.5 Å². The Labute approximate surface area is 117 Å². The number of alkyl halides is 1. The Bertz CT molecular complexity index is 507. The van der Waals surface area contributed by atoms with Gasteiger partial charge in [-0.3, -0.25) is 4.98 Å². The Morgan fingerprint density at radius 3 is 2.78 bits per heavy atom. The van der Waals surface area contributed by atoms with E-state index < -0.39 is 0 Å². The number of rotatable bonds is 5. The van der Waals surface area contributed by atoms with Gasteiger partial charge < -0.3 is 4.74 Å². The first kappa shape index (κ1) is 13.3. The lowest BCUT2D eigenvalue weighted by Gasteiger charge is -2.19. The summed E-state index contributed by atoms with van der Waals surface area (Å²) in [4.78, 5) is 4.33. The zero-order chi connectivity index (χ0) is 13.0. The van der Waals surface area contributed by atoms with E-state index in [0.717, 1.165) is 28.6 Å². The summed E-state index contributed by atoms with van der Waals surface area (Å²) >= 11 is 3.55. The third kappa shape index (κ3) is 3.02. The van der Waals surface area contributed by atoms with Gasteiger partial charge in [0.2, 0.25) is 0 Å². The molecule has 0 saturated carbocycles. The lowest BCUT2D eigenvalue weighted by molar-refractivity contribution is 0.230. The van der Waals surface area contributed by atoms with E-state index in [9.17, 15) is 0 Å². The molecule has 0 saturated heterocycles. The smallest absolute Gasteiger partial charge is 0.128 e. The second kappa shape index (κ2) is 6.19. The maximum absolute atomic E-state index is 5.96. The molecule has 3 heteroatoms. The van der Waals surface area contributed by atoms with E-state index in [2.05, 4.69) is 40.8 Å². The highest BCUT2D eigenvalue weighted by Gasteiger charge is 2.13. The van der Waals surface area contributed by atoms with Crippen LogP contribution in [0.2, 0.25) is 0 Å². The Balaban J connectivity index is 2.17. The molecule has 2 nitrogen and oxygen atoms in total. The van der Waals surface area contributed by atoms with Gasteiger partial charge in [-0.1, -0.05) is 35.8 Å². The topological polar surface area (TPSA) is 22.1 Å². The molecule has 2 aromatic rings. The van der Waals surface area contributed by atoms with Crippen LogP contribution in [-0.2, 0) is 0 Å². The first-order valence-corrected chi connectivity index (χ1v) is 7.37. The van der Waals surface area contributed by atoms with Crippen LogP contribution < -0.4 is 4.74 Å². The van der Waals surface area contributed by atoms with Gasteiger partial charge in [-0.25, -0.2) is 0 Å². The van der Waals surface area contributed by atoms with Gasteiger partial charge in [0.25, 0.3) is 0 Å². The molecule has 1 aromatic carbocycles. The van der Waals surface area contributed by atoms with Crippen molar-refractivity contribution in [3.63, 3.8) is 0 Å². The molecule has 2 rings (SSSR count). The Morgan fingerprint density at radius 2 is 2.06 bits per heavy atom. The summed E-state index contributed by atoms with van der Waals surface area (Å²) in [5.41, 5.74) is 0.981. The summed E-state index contributed by atoms with van der Waals surface area (Å²) in [6.45, 7) is 5.18. The van der Waals surface area contributed by atoms with Crippen LogP contribution in [-0.4, -0.2) is 16.9 Å². The van der Waals surface area contributed by atoms with Gasteiger partial charge in [-0.2, -0.15) is 0 Å². The molecule has 1 atom stereocenters. The minimum absolute atomic E-state index is 0.525. The monoisotopic (exact) mass is 307 g/mol. The van der Waals surface area contributed by atoms with E-state index in [0.29, 0.717) is 11.8 Å². The molecule has 0 aliphatic heterocycles. The second-order valence-electron chi connectivity index (χ2n) is 4.80. The number of hydrogen-bond donors (Lipinski definition) is 0. The van der Waals surface area contributed by atoms with Gasteiger partial charge in [-0.05, 0) is 30.2 Å². The van der Waals surface area contributed by atoms with E-state index in [1.807, 2.05) is 30.5 Å². The zero-order valence-corrected chi connectivity index (χ0v) is 12.4. The lowest BCUT2D eigenvalue weighted by Crippen LogP contribution is -2.19. The highest BCUT2D eigenvalue weighted by molar-refractivity contribution is 9.09. The number of hydrogen-bond acceptors (Lipinski definition) is 2. The van der Waals surface area contributed by atoms with Gasteiger partial charge in [-0.15, -0.1) is 0 Å². The van der Waals surface area contributed by atoms with Crippen molar-refractivity contribution < 1.29 is 4.74 Å². The maximum Gasteiger partial charge on any atom is 0.128 e. The molecule has 18 heavy (non-hydrogen) atoms. The molecule has 0 radical (unpaired) electrons. The number of benzene rings is 1. The number of ether oxygens (including phenoxy) is 1. The molecule has 1 unspecified atom stereocenters. The highest BCUT2D eigenvalue weighted by atomic mass is 79.9. The highest BCUT2D eigenvalue weighted by Crippen LogP contribution is 2.25. The standard InChI is InChI=1S/C15H18BrNO/c1-11(2)12(9-16)10-18-15-7-3-6-14-13(15)5-4-8-17-14/h3-8,11-12H,9-10H2,1-2H3. The molecule has 96 valence electrons. The summed E-state index contributed by atoms with van der Waals surface area (Å²) in [7, 11) is 0. The summed E-state index contributed by atoms with van der Waals surface area (Å²) in [6, 6.07) is 10.0. The van der Waals surface area contributed by atoms with Crippen LogP contribution in [0.3, 0.4) is 0 Å². The summed E-state index contributed by atoms with van der Waals surface area (Å²) < 4.78 is 5.96. The minimum atomic E-state index is 0.525. The lowest BCUT2D eigenvalue weighted by atomic mass is 9.99. The third-order valence-electron chi connectivity index (χ3n) is 3.20. The SMILES string of the molecule is CC(C)C(CBr)COc1cccc2ncccc12. The Morgan fingerprint density at radius 1 is 1.22 bits per heavy atom. The molecule has 0 fully saturated rings. The van der Waals surface area contributed by atoms with E-state index in [1.165, 1.54) is 0 Å². The molecular formula is C15H18BrNO. The molecule has 1 aromatic heterocycles. The van der Waals surface area contributed by atoms with E-state index in [1.54, 1.807) is 0 Å². The summed E-state index contributed by atoms with van der Waals surface area (Å²) in [5, 5.41) is 2.05. The minimum Gasteiger partial charge on any atom is -0.493 e. The molecule has 0 spiro atoms. The molecule has 0 bridgehead atoms. The van der Waals surface area contributed by atoms with Crippen molar-refractivity contribution in [2.45, 2.75) is 13.8 Å². The van der Waals surface area contributed by atoms with Gasteiger partial charge in [0.15, 0.2) is 0 Å². The van der Waals surface area contributed by atoms with Crippen molar-refractivity contribution in [1.29, 1.82) is 0 Å². The number of aromatic nitrogens is 1. The first-order chi connectivity index (χ1) is 8.72. The normalized spacial score (nSPS) is 12.9. The molecule has 0 aliphatic rings. The average molecular weight is 308 g/mol. The third-order valence-corrected chi connectivity index (χ3v) is 4.03. The maximum atomic E-state index is 5.96. The summed E-state index contributed by atoms with van der Waals surface area (Å²) in [6.07, 6.45) is 1.81. The number of fused-ring (bicyclic) bond motifs is 1. The second-order valence-corrected chi connectivity index (χ2v) is 5.44. The average Bonchev–Trinajstić information content (AvgIpc) is 2.39. The van der Waals surface area contributed by atoms with E-state index in [-0.39, 0.29) is 0 Å². The van der Waals surface area contributed by atoms with Gasteiger partial charge in [0, 0.05) is 22.8 Å². The van der Waals surface area contributed by atoms with Crippen LogP contribution in [0.4, 0.5) is 0 Å². The quantitative estimate of drug-likeness (QED) is 0.769. The fourth-order valence-electron chi connectivity index (χ4n) is 1.81. The van der Waals surface area contributed by atoms with Crippen molar-refractivity contribution in [2.75, 3.05) is 11.9 Å². The Hall–Kier alpha value is -1.09. The predicted octanol–water partition coefficient (Wildman–Crippen LogP) is 4.28. The van der Waals surface area contributed by atoms with Crippen molar-refractivity contribution >= 4 is 26.8 Å². The zero-order valence-electron chi connectivity index (χ0n) is 10.8. The Kier molecular flexibility index (Phi) is 4.59. The predicted molar refractivity (Wildman–Crippen MR) is 79.4 cm³/mol. The van der Waals surface area contributed by atoms with Crippen LogP contribution in [0.1, 0.15) is 13.8 Å². The number of pyridine rings is 1. The van der Waals surface area contributed by atoms with Crippen molar-refractivity contribution in [1.82, 2.24) is 4.98 Å². The fraction of sp³-hybridized carbons (Fsp3) is 0.400. The van der Waals surface area contributed by atoms with Gasteiger partial charge in [0.05, 0.1) is 12.1 Å². The van der Waals surface area contributed by atoms with Crippen molar-refractivity contribution in [3.05, 3.63) is 36.5 Å². The van der Waals surface area contributed by atoms with Crippen molar-refractivity contribution in [2.24, 2.45) is 11.8 Å². The fourth-order valence-corrected chi connectivity index (χ4v) is 2.75. The first-order valence-electron chi connectivity index (χ1n) is 6.25. The molecule has 0 N–H and O–H groups in total. The molecular weight excluding hydrogens is 290 g/mol. The van der Waals surface area contributed by atoms with Crippen LogP contribution in [0, 0.1) is 11.8 Å². The summed E-state index contributed by atoms with van der Waals surface area (Å²) in [5.74, 6) is 2.06. The van der Waals surface area contributed by atoms with E-state index in [4.69, 9.17) is 4.74 Å². The van der Waals surface area contributed by atoms with Crippen molar-refractivity contribution in [3.8, 4) is 5.75 Å².